The van der Waals surface area contributed by atoms with Crippen molar-refractivity contribution in [2.24, 2.45) is 5.73 Å². The largest absolute Gasteiger partial charge is 0.322 e. The minimum atomic E-state index is -0.348. The number of carbonyl (C=O) groups is 1. The van der Waals surface area contributed by atoms with Crippen LogP contribution in [0.4, 0.5) is 5.82 Å². The van der Waals surface area contributed by atoms with Crippen molar-refractivity contribution in [3.05, 3.63) is 39.4 Å². The standard InChI is InChI=1S/C11H11ClN4OS/c1-6(13)11-15-8(5-18-11)10(17)16-9-7(12)3-2-4-14-9/h2-6H,13H2,1H3,(H,14,16,17). The lowest BCUT2D eigenvalue weighted by atomic mass is 10.4. The molecular weight excluding hydrogens is 272 g/mol. The van der Waals surface area contributed by atoms with Gasteiger partial charge in [-0.2, -0.15) is 0 Å². The number of aromatic nitrogens is 2. The van der Waals surface area contributed by atoms with Gasteiger partial charge in [-0.25, -0.2) is 9.97 Å². The summed E-state index contributed by atoms with van der Waals surface area (Å²) in [6.45, 7) is 1.82. The number of anilines is 1. The van der Waals surface area contributed by atoms with Crippen molar-refractivity contribution in [2.75, 3.05) is 5.32 Å². The second kappa shape index (κ2) is 5.43. The number of pyridine rings is 1. The first kappa shape index (κ1) is 12.9. The molecule has 1 unspecified atom stereocenters. The lowest BCUT2D eigenvalue weighted by Crippen LogP contribution is -2.14. The number of halogens is 1. The van der Waals surface area contributed by atoms with E-state index in [2.05, 4.69) is 15.3 Å². The fourth-order valence-corrected chi connectivity index (χ4v) is 2.18. The second-order valence-electron chi connectivity index (χ2n) is 3.65. The molecule has 94 valence electrons. The maximum Gasteiger partial charge on any atom is 0.276 e. The minimum Gasteiger partial charge on any atom is -0.322 e. The maximum absolute atomic E-state index is 11.9. The smallest absolute Gasteiger partial charge is 0.276 e. The van der Waals surface area contributed by atoms with Crippen LogP contribution < -0.4 is 11.1 Å². The molecule has 1 amide bonds. The van der Waals surface area contributed by atoms with Crippen molar-refractivity contribution < 1.29 is 4.79 Å². The van der Waals surface area contributed by atoms with Crippen LogP contribution in [0.5, 0.6) is 0 Å². The summed E-state index contributed by atoms with van der Waals surface area (Å²) in [5.41, 5.74) is 6.00. The van der Waals surface area contributed by atoms with Crippen LogP contribution in [0.1, 0.15) is 28.5 Å². The molecule has 0 spiro atoms. The molecule has 0 saturated heterocycles. The van der Waals surface area contributed by atoms with Gasteiger partial charge in [0.15, 0.2) is 5.82 Å². The van der Waals surface area contributed by atoms with Crippen molar-refractivity contribution in [2.45, 2.75) is 13.0 Å². The Morgan fingerprint density at radius 3 is 3.00 bits per heavy atom. The Morgan fingerprint density at radius 1 is 1.61 bits per heavy atom. The van der Waals surface area contributed by atoms with Gasteiger partial charge >= 0.3 is 0 Å². The molecule has 0 aliphatic heterocycles. The Bertz CT molecular complexity index is 570. The molecule has 2 aromatic heterocycles. The van der Waals surface area contributed by atoms with Gasteiger partial charge < -0.3 is 11.1 Å². The first-order valence-electron chi connectivity index (χ1n) is 5.21. The third-order valence-electron chi connectivity index (χ3n) is 2.13. The Kier molecular flexibility index (Phi) is 3.90. The normalized spacial score (nSPS) is 12.2. The highest BCUT2D eigenvalue weighted by Gasteiger charge is 2.14. The molecule has 0 saturated carbocycles. The highest BCUT2D eigenvalue weighted by Crippen LogP contribution is 2.20. The predicted octanol–water partition coefficient (Wildman–Crippen LogP) is 2.46. The third-order valence-corrected chi connectivity index (χ3v) is 3.49. The van der Waals surface area contributed by atoms with Gasteiger partial charge in [0.25, 0.3) is 5.91 Å². The predicted molar refractivity (Wildman–Crippen MR) is 71.9 cm³/mol. The third kappa shape index (κ3) is 2.84. The van der Waals surface area contributed by atoms with E-state index in [-0.39, 0.29) is 11.9 Å². The minimum absolute atomic E-state index is 0.185. The Morgan fingerprint density at radius 2 is 2.39 bits per heavy atom. The molecular formula is C11H11ClN4OS. The molecule has 2 aromatic rings. The van der Waals surface area contributed by atoms with Crippen LogP contribution in [0, 0.1) is 0 Å². The van der Waals surface area contributed by atoms with Crippen LogP contribution in [-0.4, -0.2) is 15.9 Å². The van der Waals surface area contributed by atoms with Crippen LogP contribution in [0.15, 0.2) is 23.7 Å². The number of thiazole rings is 1. The summed E-state index contributed by atoms with van der Waals surface area (Å²) < 4.78 is 0. The van der Waals surface area contributed by atoms with Crippen LogP contribution in [0.3, 0.4) is 0 Å². The van der Waals surface area contributed by atoms with Gasteiger partial charge in [-0.3, -0.25) is 4.79 Å². The van der Waals surface area contributed by atoms with Crippen LogP contribution in [0.2, 0.25) is 5.02 Å². The number of nitrogens with zero attached hydrogens (tertiary/aromatic N) is 2. The van der Waals surface area contributed by atoms with E-state index in [0.29, 0.717) is 21.5 Å². The van der Waals surface area contributed by atoms with E-state index in [1.54, 1.807) is 23.7 Å². The van der Waals surface area contributed by atoms with E-state index in [1.165, 1.54) is 11.3 Å². The van der Waals surface area contributed by atoms with Crippen molar-refractivity contribution in [1.29, 1.82) is 0 Å². The summed E-state index contributed by atoms with van der Waals surface area (Å²) in [4.78, 5) is 20.0. The Balaban J connectivity index is 2.15. The fraction of sp³-hybridized carbons (Fsp3) is 0.182. The molecule has 0 bridgehead atoms. The summed E-state index contributed by atoms with van der Waals surface area (Å²) >= 11 is 7.25. The lowest BCUT2D eigenvalue weighted by Gasteiger charge is -2.03. The second-order valence-corrected chi connectivity index (χ2v) is 4.94. The molecule has 7 heteroatoms. The molecule has 18 heavy (non-hydrogen) atoms. The Hall–Kier alpha value is -1.50. The molecule has 2 rings (SSSR count). The van der Waals surface area contributed by atoms with Gasteiger partial charge in [0.05, 0.1) is 11.1 Å². The summed E-state index contributed by atoms with van der Waals surface area (Å²) in [7, 11) is 0. The molecule has 2 heterocycles. The van der Waals surface area contributed by atoms with E-state index in [1.807, 2.05) is 6.92 Å². The number of amides is 1. The summed E-state index contributed by atoms with van der Waals surface area (Å²) in [6, 6.07) is 3.16. The zero-order chi connectivity index (χ0) is 13.1. The quantitative estimate of drug-likeness (QED) is 0.906. The molecule has 0 radical (unpaired) electrons. The van der Waals surface area contributed by atoms with Gasteiger partial charge in [-0.15, -0.1) is 11.3 Å². The molecule has 1 atom stereocenters. The summed E-state index contributed by atoms with van der Waals surface area (Å²) in [5, 5.41) is 5.36. The summed E-state index contributed by atoms with van der Waals surface area (Å²) in [5.74, 6) is -0.0294. The van der Waals surface area contributed by atoms with Crippen molar-refractivity contribution in [3.63, 3.8) is 0 Å². The summed E-state index contributed by atoms with van der Waals surface area (Å²) in [6.07, 6.45) is 1.55. The average Bonchev–Trinajstić information content (AvgIpc) is 2.81. The first-order valence-corrected chi connectivity index (χ1v) is 6.46. The van der Waals surface area contributed by atoms with Crippen LogP contribution in [0.25, 0.3) is 0 Å². The number of nitrogens with two attached hydrogens (primary N) is 1. The number of carbonyl (C=O) groups excluding carboxylic acids is 1. The lowest BCUT2D eigenvalue weighted by molar-refractivity contribution is 0.102. The van der Waals surface area contributed by atoms with Gasteiger partial charge in [0, 0.05) is 11.6 Å². The van der Waals surface area contributed by atoms with Gasteiger partial charge in [-0.05, 0) is 19.1 Å². The first-order chi connectivity index (χ1) is 8.58. The van der Waals surface area contributed by atoms with Gasteiger partial charge in [0.1, 0.15) is 10.7 Å². The molecule has 5 nitrogen and oxygen atoms in total. The molecule has 0 fully saturated rings. The van der Waals surface area contributed by atoms with Crippen LogP contribution in [-0.2, 0) is 0 Å². The topological polar surface area (TPSA) is 80.9 Å². The van der Waals surface area contributed by atoms with Gasteiger partial charge in [-0.1, -0.05) is 11.6 Å². The van der Waals surface area contributed by atoms with E-state index in [4.69, 9.17) is 17.3 Å². The van der Waals surface area contributed by atoms with Crippen LogP contribution >= 0.6 is 22.9 Å². The SMILES string of the molecule is CC(N)c1nc(C(=O)Nc2ncccc2Cl)cs1. The zero-order valence-electron chi connectivity index (χ0n) is 9.55. The highest BCUT2D eigenvalue weighted by molar-refractivity contribution is 7.09. The number of hydrogen-bond donors (Lipinski definition) is 2. The Labute approximate surface area is 113 Å². The molecule has 0 aromatic carbocycles. The van der Waals surface area contributed by atoms with Crippen molar-refractivity contribution >= 4 is 34.7 Å². The number of hydrogen-bond acceptors (Lipinski definition) is 5. The monoisotopic (exact) mass is 282 g/mol. The van der Waals surface area contributed by atoms with E-state index in [0.717, 1.165) is 0 Å². The van der Waals surface area contributed by atoms with Crippen molar-refractivity contribution in [1.82, 2.24) is 9.97 Å². The molecule has 0 aliphatic carbocycles. The molecule has 0 aliphatic rings. The highest BCUT2D eigenvalue weighted by atomic mass is 35.5. The fourth-order valence-electron chi connectivity index (χ4n) is 1.25. The van der Waals surface area contributed by atoms with E-state index in [9.17, 15) is 4.79 Å². The maximum atomic E-state index is 11.9. The molecule has 3 N–H and O–H groups in total. The number of rotatable bonds is 3. The zero-order valence-corrected chi connectivity index (χ0v) is 11.1. The number of nitrogens with one attached hydrogen (secondary N) is 1. The van der Waals surface area contributed by atoms with E-state index >= 15 is 0 Å². The average molecular weight is 283 g/mol. The van der Waals surface area contributed by atoms with E-state index < -0.39 is 0 Å². The van der Waals surface area contributed by atoms with Gasteiger partial charge in [0.2, 0.25) is 0 Å². The van der Waals surface area contributed by atoms with Crippen molar-refractivity contribution in [3.8, 4) is 0 Å².